The highest BCUT2D eigenvalue weighted by Crippen LogP contribution is 2.33. The van der Waals surface area contributed by atoms with Crippen molar-refractivity contribution >= 4 is 11.9 Å². The standard InChI is InChI=1S/C33H40F3N3O4/c1-20(2)15-28(39-19-25(13-14-38(5)6)26(17-29(39)40)33(34,35)36)32(43)37-27(18-30(41)42)23-11-8-12-24(16-23)31-21(3)9-7-10-22(31)4/h7-12,16-17,19-20,27-28H,13-15,18H2,1-6H3,(H,37,43)(H,41,42)/t27-,28?/m0/s1. The Labute approximate surface area is 250 Å². The molecule has 0 saturated carbocycles. The van der Waals surface area contributed by atoms with Gasteiger partial charge in [0.1, 0.15) is 6.04 Å². The van der Waals surface area contributed by atoms with Crippen LogP contribution in [0.1, 0.15) is 66.6 Å². The predicted molar refractivity (Wildman–Crippen MR) is 161 cm³/mol. The molecule has 3 rings (SSSR count). The van der Waals surface area contributed by atoms with E-state index >= 15 is 0 Å². The lowest BCUT2D eigenvalue weighted by molar-refractivity contribution is -0.139. The zero-order valence-electron chi connectivity index (χ0n) is 25.5. The third-order valence-corrected chi connectivity index (χ3v) is 7.38. The second-order valence-corrected chi connectivity index (χ2v) is 11.7. The van der Waals surface area contributed by atoms with Crippen LogP contribution in [0.4, 0.5) is 13.2 Å². The third-order valence-electron chi connectivity index (χ3n) is 7.38. The Kier molecular flexibility index (Phi) is 11.0. The Morgan fingerprint density at radius 1 is 1.02 bits per heavy atom. The molecule has 0 aliphatic rings. The number of alkyl halides is 3. The van der Waals surface area contributed by atoms with Gasteiger partial charge in [0.15, 0.2) is 0 Å². The summed E-state index contributed by atoms with van der Waals surface area (Å²) in [6, 6.07) is 11.7. The summed E-state index contributed by atoms with van der Waals surface area (Å²) in [7, 11) is 3.46. The molecule has 0 aliphatic heterocycles. The van der Waals surface area contributed by atoms with Crippen LogP contribution in [-0.2, 0) is 22.2 Å². The smallest absolute Gasteiger partial charge is 0.416 e. The second kappa shape index (κ2) is 14.0. The number of hydrogen-bond acceptors (Lipinski definition) is 4. The van der Waals surface area contributed by atoms with Crippen LogP contribution in [0.3, 0.4) is 0 Å². The van der Waals surface area contributed by atoms with E-state index in [-0.39, 0.29) is 24.3 Å². The lowest BCUT2D eigenvalue weighted by atomic mass is 9.92. The summed E-state index contributed by atoms with van der Waals surface area (Å²) in [5, 5.41) is 12.5. The maximum atomic E-state index is 13.8. The topological polar surface area (TPSA) is 91.6 Å². The summed E-state index contributed by atoms with van der Waals surface area (Å²) >= 11 is 0. The monoisotopic (exact) mass is 599 g/mol. The number of aliphatic carboxylic acids is 1. The molecule has 1 amide bonds. The zero-order chi connectivity index (χ0) is 32.1. The normalized spacial score (nSPS) is 13.3. The molecule has 1 aromatic heterocycles. The van der Waals surface area contributed by atoms with Gasteiger partial charge in [-0.1, -0.05) is 50.2 Å². The van der Waals surface area contributed by atoms with Crippen LogP contribution in [0, 0.1) is 19.8 Å². The molecule has 0 spiro atoms. The first-order chi connectivity index (χ1) is 20.1. The molecule has 0 bridgehead atoms. The van der Waals surface area contributed by atoms with Gasteiger partial charge < -0.3 is 19.9 Å². The number of nitrogens with one attached hydrogen (secondary N) is 1. The summed E-state index contributed by atoms with van der Waals surface area (Å²) < 4.78 is 42.6. The molecule has 2 aromatic carbocycles. The summed E-state index contributed by atoms with van der Waals surface area (Å²) in [5.41, 5.74) is 2.45. The van der Waals surface area contributed by atoms with Gasteiger partial charge in [-0.05, 0) is 86.1 Å². The summed E-state index contributed by atoms with van der Waals surface area (Å²) in [5.74, 6) is -1.88. The van der Waals surface area contributed by atoms with E-state index in [1.165, 1.54) is 0 Å². The predicted octanol–water partition coefficient (Wildman–Crippen LogP) is 6.17. The Balaban J connectivity index is 2.06. The molecule has 2 atom stereocenters. The third kappa shape index (κ3) is 8.79. The van der Waals surface area contributed by atoms with Crippen molar-refractivity contribution in [1.82, 2.24) is 14.8 Å². The average molecular weight is 600 g/mol. The van der Waals surface area contributed by atoms with Crippen LogP contribution in [0.15, 0.2) is 59.5 Å². The van der Waals surface area contributed by atoms with Crippen LogP contribution < -0.4 is 10.9 Å². The molecular formula is C33H40F3N3O4. The van der Waals surface area contributed by atoms with Gasteiger partial charge in [-0.3, -0.25) is 14.4 Å². The van der Waals surface area contributed by atoms with Crippen molar-refractivity contribution in [2.75, 3.05) is 20.6 Å². The van der Waals surface area contributed by atoms with Crippen molar-refractivity contribution in [2.24, 2.45) is 5.92 Å². The van der Waals surface area contributed by atoms with Gasteiger partial charge in [0.2, 0.25) is 5.91 Å². The molecule has 0 aliphatic carbocycles. The first kappa shape index (κ1) is 33.6. The van der Waals surface area contributed by atoms with E-state index in [1.807, 2.05) is 58.0 Å². The highest BCUT2D eigenvalue weighted by molar-refractivity contribution is 5.82. The number of aromatic nitrogens is 1. The van der Waals surface area contributed by atoms with Gasteiger partial charge in [0.25, 0.3) is 5.56 Å². The van der Waals surface area contributed by atoms with Crippen molar-refractivity contribution in [3.63, 3.8) is 0 Å². The highest BCUT2D eigenvalue weighted by Gasteiger charge is 2.35. The number of hydrogen-bond donors (Lipinski definition) is 2. The maximum absolute atomic E-state index is 13.8. The number of rotatable bonds is 12. The van der Waals surface area contributed by atoms with Crippen molar-refractivity contribution in [2.45, 2.75) is 65.2 Å². The fourth-order valence-corrected chi connectivity index (χ4v) is 5.31. The van der Waals surface area contributed by atoms with E-state index in [0.29, 0.717) is 18.2 Å². The van der Waals surface area contributed by atoms with E-state index < -0.39 is 47.7 Å². The SMILES string of the molecule is Cc1cccc(C)c1-c1cccc([C@H](CC(=O)O)NC(=O)C(CC(C)C)n2cc(CCN(C)C)c(C(F)(F)F)cc2=O)c1. The number of carbonyl (C=O) groups excluding carboxylic acids is 1. The molecule has 232 valence electrons. The summed E-state index contributed by atoms with van der Waals surface area (Å²) in [4.78, 5) is 40.5. The lowest BCUT2D eigenvalue weighted by Gasteiger charge is -2.26. The number of carboxylic acids is 1. The van der Waals surface area contributed by atoms with Crippen LogP contribution in [-0.4, -0.2) is 47.1 Å². The van der Waals surface area contributed by atoms with Gasteiger partial charge in [-0.25, -0.2) is 0 Å². The summed E-state index contributed by atoms with van der Waals surface area (Å²) in [6.07, 6.45) is -3.85. The van der Waals surface area contributed by atoms with Gasteiger partial charge in [0, 0.05) is 18.8 Å². The number of nitrogens with zero attached hydrogens (tertiary/aromatic N) is 2. The number of pyridine rings is 1. The van der Waals surface area contributed by atoms with Gasteiger partial charge in [0.05, 0.1) is 18.0 Å². The molecule has 10 heteroatoms. The number of halogens is 3. The average Bonchev–Trinajstić information content (AvgIpc) is 2.89. The van der Waals surface area contributed by atoms with E-state index in [2.05, 4.69) is 5.32 Å². The number of amides is 1. The molecule has 3 aromatic rings. The molecule has 0 fully saturated rings. The van der Waals surface area contributed by atoms with Gasteiger partial charge in [-0.15, -0.1) is 0 Å². The number of carbonyl (C=O) groups is 2. The van der Waals surface area contributed by atoms with E-state index in [1.54, 1.807) is 31.1 Å². The number of likely N-dealkylation sites (N-methyl/N-ethyl adjacent to an activating group) is 1. The van der Waals surface area contributed by atoms with Gasteiger partial charge in [-0.2, -0.15) is 13.2 Å². The van der Waals surface area contributed by atoms with Crippen molar-refractivity contribution < 1.29 is 27.9 Å². The minimum Gasteiger partial charge on any atom is -0.481 e. The van der Waals surface area contributed by atoms with Gasteiger partial charge >= 0.3 is 12.1 Å². The molecule has 0 radical (unpaired) electrons. The number of benzene rings is 2. The first-order valence-corrected chi connectivity index (χ1v) is 14.2. The molecule has 2 N–H and O–H groups in total. The van der Waals surface area contributed by atoms with E-state index in [4.69, 9.17) is 0 Å². The quantitative estimate of drug-likeness (QED) is 0.260. The fourth-order valence-electron chi connectivity index (χ4n) is 5.31. The maximum Gasteiger partial charge on any atom is 0.416 e. The van der Waals surface area contributed by atoms with Crippen molar-refractivity contribution in [3.8, 4) is 11.1 Å². The minimum absolute atomic E-state index is 0.0187. The number of aryl methyl sites for hydroxylation is 2. The van der Waals surface area contributed by atoms with E-state index in [0.717, 1.165) is 33.0 Å². The molecule has 1 unspecified atom stereocenters. The number of carboxylic acid groups (broad SMARTS) is 1. The Morgan fingerprint density at radius 2 is 1.65 bits per heavy atom. The highest BCUT2D eigenvalue weighted by atomic mass is 19.4. The first-order valence-electron chi connectivity index (χ1n) is 14.2. The largest absolute Gasteiger partial charge is 0.481 e. The molecule has 0 saturated heterocycles. The second-order valence-electron chi connectivity index (χ2n) is 11.7. The van der Waals surface area contributed by atoms with Crippen LogP contribution in [0.25, 0.3) is 11.1 Å². The van der Waals surface area contributed by atoms with Crippen molar-refractivity contribution in [3.05, 3.63) is 92.9 Å². The minimum atomic E-state index is -4.73. The molecular weight excluding hydrogens is 559 g/mol. The van der Waals surface area contributed by atoms with Crippen LogP contribution in [0.2, 0.25) is 0 Å². The van der Waals surface area contributed by atoms with Crippen molar-refractivity contribution in [1.29, 1.82) is 0 Å². The van der Waals surface area contributed by atoms with Crippen LogP contribution >= 0.6 is 0 Å². The lowest BCUT2D eigenvalue weighted by Crippen LogP contribution is -2.40. The van der Waals surface area contributed by atoms with E-state index in [9.17, 15) is 32.7 Å². The Bertz CT molecular complexity index is 1490. The van der Waals surface area contributed by atoms with Crippen LogP contribution in [0.5, 0.6) is 0 Å². The molecule has 43 heavy (non-hydrogen) atoms. The fraction of sp³-hybridized carbons (Fsp3) is 0.424. The Hall–Kier alpha value is -3.92. The zero-order valence-corrected chi connectivity index (χ0v) is 25.5. The Morgan fingerprint density at radius 3 is 2.21 bits per heavy atom. The summed E-state index contributed by atoms with van der Waals surface area (Å²) in [6.45, 7) is 7.95. The molecule has 7 nitrogen and oxygen atoms in total. The molecule has 1 heterocycles.